The van der Waals surface area contributed by atoms with E-state index in [2.05, 4.69) is 6.92 Å². The fourth-order valence-corrected chi connectivity index (χ4v) is 1.19. The second kappa shape index (κ2) is 3.13. The van der Waals surface area contributed by atoms with E-state index < -0.39 is 0 Å². The Hall–Kier alpha value is 0.0249. The molecule has 1 nitrogen and oxygen atoms in total. The van der Waals surface area contributed by atoms with Crippen molar-refractivity contribution in [3.8, 4) is 0 Å². The van der Waals surface area contributed by atoms with Crippen molar-refractivity contribution >= 4 is 7.28 Å². The highest BCUT2D eigenvalue weighted by Gasteiger charge is 2.14. The highest BCUT2D eigenvalue weighted by Crippen LogP contribution is 2.10. The molecule has 1 fully saturated rings. The molecule has 8 heavy (non-hydrogen) atoms. The average Bonchev–Trinajstić information content (AvgIpc) is 2.19. The molecule has 1 atom stereocenters. The molecule has 46 valence electrons. The molecule has 0 spiro atoms. The standard InChI is InChI=1S/C6H13BO/c1-2-7-6-4-3-5-8-6/h6-7H,2-5H2,1H3. The van der Waals surface area contributed by atoms with E-state index >= 15 is 0 Å². The Morgan fingerprint density at radius 2 is 2.62 bits per heavy atom. The normalized spacial score (nSPS) is 28.4. The summed E-state index contributed by atoms with van der Waals surface area (Å²) in [6, 6.07) is 0.611. The van der Waals surface area contributed by atoms with Crippen LogP contribution in [0.2, 0.25) is 6.32 Å². The highest BCUT2D eigenvalue weighted by molar-refractivity contribution is 6.37. The summed E-state index contributed by atoms with van der Waals surface area (Å²) in [5, 5.41) is 0. The lowest BCUT2D eigenvalue weighted by Gasteiger charge is -2.02. The summed E-state index contributed by atoms with van der Waals surface area (Å²) in [4.78, 5) is 0. The van der Waals surface area contributed by atoms with E-state index in [4.69, 9.17) is 4.74 Å². The van der Waals surface area contributed by atoms with Gasteiger partial charge in [-0.05, 0) is 12.8 Å². The number of ether oxygens (including phenoxy) is 1. The molecule has 1 unspecified atom stereocenters. The molecule has 1 heterocycles. The van der Waals surface area contributed by atoms with Crippen LogP contribution in [-0.2, 0) is 4.74 Å². The van der Waals surface area contributed by atoms with Crippen molar-refractivity contribution in [3.63, 3.8) is 0 Å². The van der Waals surface area contributed by atoms with Crippen LogP contribution >= 0.6 is 0 Å². The Kier molecular flexibility index (Phi) is 2.41. The van der Waals surface area contributed by atoms with E-state index in [0.29, 0.717) is 6.00 Å². The SMILES string of the molecule is CCBC1CCCO1. The van der Waals surface area contributed by atoms with Gasteiger partial charge < -0.3 is 4.74 Å². The van der Waals surface area contributed by atoms with Crippen molar-refractivity contribution in [1.82, 2.24) is 0 Å². The summed E-state index contributed by atoms with van der Waals surface area (Å²) in [6.45, 7) is 3.21. The summed E-state index contributed by atoms with van der Waals surface area (Å²) in [5.74, 6) is 0. The molecule has 0 radical (unpaired) electrons. The summed E-state index contributed by atoms with van der Waals surface area (Å²) < 4.78 is 5.39. The van der Waals surface area contributed by atoms with Gasteiger partial charge in [0.15, 0.2) is 7.28 Å². The Bertz CT molecular complexity index is 59.5. The monoisotopic (exact) mass is 112 g/mol. The van der Waals surface area contributed by atoms with Crippen LogP contribution < -0.4 is 0 Å². The molecule has 0 saturated carbocycles. The Labute approximate surface area is 51.7 Å². The minimum atomic E-state index is 0.611. The predicted molar refractivity (Wildman–Crippen MR) is 36.6 cm³/mol. The maximum absolute atomic E-state index is 5.39. The fraction of sp³-hybridized carbons (Fsp3) is 1.00. The van der Waals surface area contributed by atoms with Gasteiger partial charge in [0, 0.05) is 12.6 Å². The van der Waals surface area contributed by atoms with Gasteiger partial charge in [-0.3, -0.25) is 0 Å². The molecule has 0 aromatic rings. The number of rotatable bonds is 2. The second-order valence-corrected chi connectivity index (χ2v) is 2.42. The van der Waals surface area contributed by atoms with Crippen LogP contribution in [0.15, 0.2) is 0 Å². The summed E-state index contributed by atoms with van der Waals surface area (Å²) in [6.07, 6.45) is 3.85. The van der Waals surface area contributed by atoms with Crippen molar-refractivity contribution < 1.29 is 4.74 Å². The summed E-state index contributed by atoms with van der Waals surface area (Å²) in [7, 11) is 1.26. The Balaban J connectivity index is 2.06. The van der Waals surface area contributed by atoms with Gasteiger partial charge in [0.2, 0.25) is 0 Å². The van der Waals surface area contributed by atoms with Crippen LogP contribution in [0, 0.1) is 0 Å². The van der Waals surface area contributed by atoms with Crippen molar-refractivity contribution in [1.29, 1.82) is 0 Å². The summed E-state index contributed by atoms with van der Waals surface area (Å²) >= 11 is 0. The molecule has 2 heteroatoms. The molecule has 1 aliphatic heterocycles. The first kappa shape index (κ1) is 6.15. The number of hydrogen-bond donors (Lipinski definition) is 0. The van der Waals surface area contributed by atoms with Gasteiger partial charge in [-0.1, -0.05) is 13.2 Å². The highest BCUT2D eigenvalue weighted by atomic mass is 16.5. The minimum absolute atomic E-state index is 0.611. The van der Waals surface area contributed by atoms with Gasteiger partial charge in [0.1, 0.15) is 0 Å². The smallest absolute Gasteiger partial charge is 0.157 e. The third-order valence-corrected chi connectivity index (χ3v) is 1.63. The Morgan fingerprint density at radius 1 is 1.75 bits per heavy atom. The first-order valence-corrected chi connectivity index (χ1v) is 3.55. The van der Waals surface area contributed by atoms with Crippen molar-refractivity contribution in [2.75, 3.05) is 6.61 Å². The van der Waals surface area contributed by atoms with Crippen LogP contribution in [0.1, 0.15) is 19.8 Å². The van der Waals surface area contributed by atoms with Gasteiger partial charge in [0.25, 0.3) is 0 Å². The molecule has 1 rings (SSSR count). The first-order chi connectivity index (χ1) is 3.93. The minimum Gasteiger partial charge on any atom is -0.387 e. The third kappa shape index (κ3) is 1.51. The van der Waals surface area contributed by atoms with Gasteiger partial charge in [-0.25, -0.2) is 0 Å². The number of hydrogen-bond acceptors (Lipinski definition) is 1. The molecule has 0 bridgehead atoms. The van der Waals surface area contributed by atoms with Gasteiger partial charge in [-0.2, -0.15) is 0 Å². The zero-order valence-electron chi connectivity index (χ0n) is 5.52. The molecule has 1 aliphatic rings. The van der Waals surface area contributed by atoms with E-state index in [1.54, 1.807) is 0 Å². The van der Waals surface area contributed by atoms with Crippen molar-refractivity contribution in [3.05, 3.63) is 0 Å². The topological polar surface area (TPSA) is 9.23 Å². The van der Waals surface area contributed by atoms with E-state index in [1.165, 1.54) is 26.4 Å². The molecular formula is C6H13BO. The van der Waals surface area contributed by atoms with E-state index in [1.807, 2.05) is 0 Å². The third-order valence-electron chi connectivity index (χ3n) is 1.63. The zero-order chi connectivity index (χ0) is 5.82. The van der Waals surface area contributed by atoms with Crippen LogP contribution in [0.25, 0.3) is 0 Å². The largest absolute Gasteiger partial charge is 0.387 e. The second-order valence-electron chi connectivity index (χ2n) is 2.42. The maximum Gasteiger partial charge on any atom is 0.157 e. The van der Waals surface area contributed by atoms with Crippen LogP contribution in [0.3, 0.4) is 0 Å². The van der Waals surface area contributed by atoms with Crippen LogP contribution in [0.4, 0.5) is 0 Å². The Morgan fingerprint density at radius 3 is 3.12 bits per heavy atom. The first-order valence-electron chi connectivity index (χ1n) is 3.55. The average molecular weight is 112 g/mol. The van der Waals surface area contributed by atoms with E-state index in [-0.39, 0.29) is 0 Å². The summed E-state index contributed by atoms with van der Waals surface area (Å²) in [5.41, 5.74) is 0. The molecule has 0 aromatic carbocycles. The maximum atomic E-state index is 5.39. The molecular weight excluding hydrogens is 98.9 g/mol. The van der Waals surface area contributed by atoms with Crippen LogP contribution in [-0.4, -0.2) is 19.9 Å². The molecule has 0 aliphatic carbocycles. The predicted octanol–water partition coefficient (Wildman–Crippen LogP) is 0.998. The van der Waals surface area contributed by atoms with Crippen LogP contribution in [0.5, 0.6) is 0 Å². The van der Waals surface area contributed by atoms with E-state index in [0.717, 1.165) is 6.61 Å². The van der Waals surface area contributed by atoms with Crippen molar-refractivity contribution in [2.45, 2.75) is 32.1 Å². The lowest BCUT2D eigenvalue weighted by atomic mass is 9.68. The zero-order valence-corrected chi connectivity index (χ0v) is 5.52. The van der Waals surface area contributed by atoms with Crippen molar-refractivity contribution in [2.24, 2.45) is 0 Å². The molecule has 0 amide bonds. The van der Waals surface area contributed by atoms with Gasteiger partial charge in [0.05, 0.1) is 0 Å². The van der Waals surface area contributed by atoms with Gasteiger partial charge in [-0.15, -0.1) is 0 Å². The van der Waals surface area contributed by atoms with Gasteiger partial charge >= 0.3 is 0 Å². The fourth-order valence-electron chi connectivity index (χ4n) is 1.19. The molecule has 0 N–H and O–H groups in total. The van der Waals surface area contributed by atoms with E-state index in [9.17, 15) is 0 Å². The lowest BCUT2D eigenvalue weighted by molar-refractivity contribution is 0.165. The quantitative estimate of drug-likeness (QED) is 0.484. The molecule has 1 saturated heterocycles. The lowest BCUT2D eigenvalue weighted by Crippen LogP contribution is -2.12. The molecule has 0 aromatic heterocycles.